The molecule has 0 amide bonds. The summed E-state index contributed by atoms with van der Waals surface area (Å²) >= 11 is 0. The zero-order chi connectivity index (χ0) is 16.1. The summed E-state index contributed by atoms with van der Waals surface area (Å²) in [5, 5.41) is 11.5. The monoisotopic (exact) mass is 334 g/mol. The lowest BCUT2D eigenvalue weighted by Gasteiger charge is -2.22. The Morgan fingerprint density at radius 2 is 2.09 bits per heavy atom. The number of benzene rings is 1. The van der Waals surface area contributed by atoms with Crippen LogP contribution in [0.15, 0.2) is 36.5 Å². The third kappa shape index (κ3) is 4.62. The average molecular weight is 334 g/mol. The number of aromatic nitrogens is 3. The summed E-state index contributed by atoms with van der Waals surface area (Å²) in [6, 6.07) is 10.1. The Morgan fingerprint density at radius 3 is 2.87 bits per heavy atom. The molecule has 0 bridgehead atoms. The van der Waals surface area contributed by atoms with Crippen LogP contribution in [-0.2, 0) is 22.9 Å². The van der Waals surface area contributed by atoms with E-state index in [1.165, 1.54) is 5.56 Å². The molecule has 2 aromatic rings. The molecule has 1 atom stereocenters. The van der Waals surface area contributed by atoms with Crippen molar-refractivity contribution in [2.24, 2.45) is 5.92 Å². The number of rotatable bonds is 6. The normalized spacial score (nSPS) is 20.4. The fourth-order valence-corrected chi connectivity index (χ4v) is 4.76. The lowest BCUT2D eigenvalue weighted by molar-refractivity contribution is 0.447. The van der Waals surface area contributed by atoms with E-state index in [2.05, 4.69) is 27.8 Å². The van der Waals surface area contributed by atoms with Gasteiger partial charge >= 0.3 is 0 Å². The molecule has 0 saturated carbocycles. The third-order valence-corrected chi connectivity index (χ3v) is 6.06. The Kier molecular flexibility index (Phi) is 5.07. The average Bonchev–Trinajstić information content (AvgIpc) is 2.95. The van der Waals surface area contributed by atoms with E-state index >= 15 is 0 Å². The van der Waals surface area contributed by atoms with Gasteiger partial charge in [0.2, 0.25) is 0 Å². The summed E-state index contributed by atoms with van der Waals surface area (Å²) in [5.41, 5.74) is 2.19. The van der Waals surface area contributed by atoms with Crippen LogP contribution < -0.4 is 5.32 Å². The minimum Gasteiger partial charge on any atom is -0.311 e. The van der Waals surface area contributed by atoms with Crippen LogP contribution in [0.2, 0.25) is 0 Å². The van der Waals surface area contributed by atoms with Crippen LogP contribution in [0, 0.1) is 5.92 Å². The molecule has 1 aliphatic heterocycles. The fraction of sp³-hybridized carbons (Fsp3) is 0.500. The number of nitrogens with zero attached hydrogens (tertiary/aromatic N) is 3. The molecule has 2 heterocycles. The standard InChI is InChI=1S/C16H22N4O2S/c21-23(22)8-4-7-15(13-23)9-17-10-16-11-18-19-20(16)12-14-5-2-1-3-6-14/h1-3,5-6,11,15,17H,4,7-10,12-13H2. The van der Waals surface area contributed by atoms with E-state index < -0.39 is 9.84 Å². The van der Waals surface area contributed by atoms with Gasteiger partial charge in [0, 0.05) is 6.54 Å². The number of sulfone groups is 1. The summed E-state index contributed by atoms with van der Waals surface area (Å²) in [7, 11) is -2.83. The van der Waals surface area contributed by atoms with Gasteiger partial charge in [-0.2, -0.15) is 0 Å². The van der Waals surface area contributed by atoms with E-state index in [0.29, 0.717) is 24.6 Å². The number of hydrogen-bond acceptors (Lipinski definition) is 5. The molecule has 1 aromatic heterocycles. The summed E-state index contributed by atoms with van der Waals surface area (Å²) < 4.78 is 25.2. The smallest absolute Gasteiger partial charge is 0.150 e. The molecule has 0 aliphatic carbocycles. The van der Waals surface area contributed by atoms with Crippen molar-refractivity contribution in [3.8, 4) is 0 Å². The van der Waals surface area contributed by atoms with Gasteiger partial charge in [-0.15, -0.1) is 5.10 Å². The van der Waals surface area contributed by atoms with E-state index in [4.69, 9.17) is 0 Å². The molecule has 124 valence electrons. The van der Waals surface area contributed by atoms with Crippen molar-refractivity contribution in [1.82, 2.24) is 20.3 Å². The molecular weight excluding hydrogens is 312 g/mol. The molecule has 1 aliphatic rings. The van der Waals surface area contributed by atoms with Crippen LogP contribution in [0.3, 0.4) is 0 Å². The van der Waals surface area contributed by atoms with E-state index in [9.17, 15) is 8.42 Å². The Balaban J connectivity index is 1.52. The predicted molar refractivity (Wildman–Crippen MR) is 88.7 cm³/mol. The van der Waals surface area contributed by atoms with Crippen molar-refractivity contribution in [2.75, 3.05) is 18.1 Å². The first-order chi connectivity index (χ1) is 11.1. The second-order valence-electron chi connectivity index (χ2n) is 6.12. The van der Waals surface area contributed by atoms with E-state index in [-0.39, 0.29) is 5.92 Å². The lowest BCUT2D eigenvalue weighted by atomic mass is 10.1. The van der Waals surface area contributed by atoms with Gasteiger partial charge < -0.3 is 5.32 Å². The van der Waals surface area contributed by atoms with Crippen LogP contribution in [0.25, 0.3) is 0 Å². The van der Waals surface area contributed by atoms with Crippen LogP contribution in [0.4, 0.5) is 0 Å². The largest absolute Gasteiger partial charge is 0.311 e. The number of nitrogens with one attached hydrogen (secondary N) is 1. The van der Waals surface area contributed by atoms with Gasteiger partial charge in [-0.3, -0.25) is 0 Å². The zero-order valence-electron chi connectivity index (χ0n) is 13.1. The van der Waals surface area contributed by atoms with Crippen molar-refractivity contribution in [3.05, 3.63) is 47.8 Å². The quantitative estimate of drug-likeness (QED) is 0.860. The summed E-state index contributed by atoms with van der Waals surface area (Å²) in [5.74, 6) is 0.867. The Morgan fingerprint density at radius 1 is 1.26 bits per heavy atom. The first-order valence-electron chi connectivity index (χ1n) is 7.95. The maximum Gasteiger partial charge on any atom is 0.150 e. The highest BCUT2D eigenvalue weighted by Crippen LogP contribution is 2.17. The van der Waals surface area contributed by atoms with E-state index in [1.807, 2.05) is 22.9 Å². The van der Waals surface area contributed by atoms with Gasteiger partial charge in [-0.1, -0.05) is 35.5 Å². The lowest BCUT2D eigenvalue weighted by Crippen LogP contribution is -2.33. The molecule has 3 rings (SSSR count). The minimum atomic E-state index is -2.83. The predicted octanol–water partition coefficient (Wildman–Crippen LogP) is 1.24. The van der Waals surface area contributed by atoms with Gasteiger partial charge in [-0.25, -0.2) is 13.1 Å². The third-order valence-electron chi connectivity index (χ3n) is 4.17. The molecule has 0 radical (unpaired) electrons. The Bertz CT molecular complexity index is 728. The van der Waals surface area contributed by atoms with Gasteiger partial charge in [0.25, 0.3) is 0 Å². The second-order valence-corrected chi connectivity index (χ2v) is 8.35. The maximum absolute atomic E-state index is 11.7. The topological polar surface area (TPSA) is 76.9 Å². The van der Waals surface area contributed by atoms with Crippen LogP contribution in [-0.4, -0.2) is 41.5 Å². The first-order valence-corrected chi connectivity index (χ1v) is 9.77. The van der Waals surface area contributed by atoms with Crippen LogP contribution in [0.5, 0.6) is 0 Å². The molecule has 1 unspecified atom stereocenters. The van der Waals surface area contributed by atoms with E-state index in [0.717, 1.165) is 25.1 Å². The summed E-state index contributed by atoms with van der Waals surface area (Å²) in [6.07, 6.45) is 3.52. The van der Waals surface area contributed by atoms with Crippen LogP contribution >= 0.6 is 0 Å². The van der Waals surface area contributed by atoms with Crippen LogP contribution in [0.1, 0.15) is 24.1 Å². The van der Waals surface area contributed by atoms with Crippen molar-refractivity contribution in [3.63, 3.8) is 0 Å². The van der Waals surface area contributed by atoms with Gasteiger partial charge in [0.1, 0.15) is 0 Å². The SMILES string of the molecule is O=S1(=O)CCCC(CNCc2cnnn2Cc2ccccc2)C1. The highest BCUT2D eigenvalue weighted by molar-refractivity contribution is 7.91. The molecule has 0 spiro atoms. The van der Waals surface area contributed by atoms with Crippen molar-refractivity contribution < 1.29 is 8.42 Å². The van der Waals surface area contributed by atoms with Gasteiger partial charge in [0.05, 0.1) is 29.9 Å². The fourth-order valence-electron chi connectivity index (χ4n) is 2.99. The maximum atomic E-state index is 11.7. The first kappa shape index (κ1) is 16.1. The second kappa shape index (κ2) is 7.23. The molecule has 1 N–H and O–H groups in total. The highest BCUT2D eigenvalue weighted by atomic mass is 32.2. The Labute approximate surface area is 136 Å². The van der Waals surface area contributed by atoms with E-state index in [1.54, 1.807) is 6.20 Å². The molecule has 23 heavy (non-hydrogen) atoms. The highest BCUT2D eigenvalue weighted by Gasteiger charge is 2.24. The Hall–Kier alpha value is -1.73. The molecule has 6 nitrogen and oxygen atoms in total. The van der Waals surface area contributed by atoms with Crippen molar-refractivity contribution >= 4 is 9.84 Å². The summed E-state index contributed by atoms with van der Waals surface area (Å²) in [4.78, 5) is 0. The molecule has 7 heteroatoms. The summed E-state index contributed by atoms with van der Waals surface area (Å²) in [6.45, 7) is 2.06. The number of hydrogen-bond donors (Lipinski definition) is 1. The molecule has 1 saturated heterocycles. The zero-order valence-corrected chi connectivity index (χ0v) is 13.9. The van der Waals surface area contributed by atoms with Gasteiger partial charge in [0.15, 0.2) is 9.84 Å². The molecular formula is C16H22N4O2S. The molecule has 1 aromatic carbocycles. The van der Waals surface area contributed by atoms with Gasteiger partial charge in [-0.05, 0) is 30.9 Å². The van der Waals surface area contributed by atoms with Crippen molar-refractivity contribution in [1.29, 1.82) is 0 Å². The molecule has 1 fully saturated rings. The minimum absolute atomic E-state index is 0.215. The van der Waals surface area contributed by atoms with Crippen molar-refractivity contribution in [2.45, 2.75) is 25.9 Å².